The van der Waals surface area contributed by atoms with Crippen molar-refractivity contribution in [3.63, 3.8) is 0 Å². The van der Waals surface area contributed by atoms with Gasteiger partial charge in [0.1, 0.15) is 11.6 Å². The number of benzene rings is 2. The van der Waals surface area contributed by atoms with E-state index in [1.165, 1.54) is 12.1 Å². The van der Waals surface area contributed by atoms with Crippen molar-refractivity contribution in [1.82, 2.24) is 4.31 Å². The molecule has 1 aliphatic heterocycles. The number of carbonyl (C=O) groups excluding carboxylic acids is 1. The van der Waals surface area contributed by atoms with E-state index in [0.29, 0.717) is 18.4 Å². The first-order chi connectivity index (χ1) is 14.1. The molecule has 0 bridgehead atoms. The fourth-order valence-corrected chi connectivity index (χ4v) is 4.77. The van der Waals surface area contributed by atoms with E-state index in [1.54, 1.807) is 6.92 Å². The van der Waals surface area contributed by atoms with Crippen LogP contribution < -0.4 is 5.32 Å². The number of anilines is 1. The number of aliphatic carboxylic acids is 1. The van der Waals surface area contributed by atoms with Gasteiger partial charge in [-0.25, -0.2) is 17.2 Å². The second-order valence-electron chi connectivity index (χ2n) is 7.10. The summed E-state index contributed by atoms with van der Waals surface area (Å²) in [6.45, 7) is 1.48. The summed E-state index contributed by atoms with van der Waals surface area (Å²) in [5.41, 5.74) is -0.0617. The van der Waals surface area contributed by atoms with Gasteiger partial charge in [-0.05, 0) is 55.7 Å². The predicted octanol–water partition coefficient (Wildman–Crippen LogP) is 3.01. The molecular formula is C20H20F2N2O5S. The van der Waals surface area contributed by atoms with Crippen molar-refractivity contribution in [1.29, 1.82) is 0 Å². The van der Waals surface area contributed by atoms with Crippen molar-refractivity contribution in [2.45, 2.75) is 24.7 Å². The van der Waals surface area contributed by atoms with E-state index in [1.807, 2.05) is 0 Å². The topological polar surface area (TPSA) is 104 Å². The van der Waals surface area contributed by atoms with Crippen molar-refractivity contribution in [2.24, 2.45) is 5.92 Å². The molecular weight excluding hydrogens is 418 g/mol. The molecule has 1 fully saturated rings. The molecule has 2 aromatic rings. The summed E-state index contributed by atoms with van der Waals surface area (Å²) in [5.74, 6) is -4.34. The Balaban J connectivity index is 1.87. The fraction of sp³-hybridized carbons (Fsp3) is 0.300. The van der Waals surface area contributed by atoms with Gasteiger partial charge in [-0.3, -0.25) is 9.59 Å². The molecule has 1 heterocycles. The zero-order valence-corrected chi connectivity index (χ0v) is 16.9. The molecule has 0 saturated carbocycles. The maximum Gasteiger partial charge on any atom is 0.307 e. The highest BCUT2D eigenvalue weighted by molar-refractivity contribution is 7.89. The Kier molecular flexibility index (Phi) is 6.18. The smallest absolute Gasteiger partial charge is 0.307 e. The zero-order valence-electron chi connectivity index (χ0n) is 16.1. The molecule has 1 saturated heterocycles. The van der Waals surface area contributed by atoms with Gasteiger partial charge < -0.3 is 10.4 Å². The highest BCUT2D eigenvalue weighted by Crippen LogP contribution is 2.26. The quantitative estimate of drug-likeness (QED) is 0.747. The molecule has 1 aliphatic rings. The summed E-state index contributed by atoms with van der Waals surface area (Å²) in [6, 6.07) is 6.74. The molecule has 2 N–H and O–H groups in total. The van der Waals surface area contributed by atoms with Gasteiger partial charge in [0.2, 0.25) is 10.0 Å². The predicted molar refractivity (Wildman–Crippen MR) is 105 cm³/mol. The maximum absolute atomic E-state index is 14.2. The van der Waals surface area contributed by atoms with Crippen molar-refractivity contribution in [3.8, 4) is 0 Å². The number of carboxylic acid groups (broad SMARTS) is 1. The van der Waals surface area contributed by atoms with Crippen LogP contribution in [0.5, 0.6) is 0 Å². The summed E-state index contributed by atoms with van der Waals surface area (Å²) in [7, 11) is -4.12. The second-order valence-corrected chi connectivity index (χ2v) is 9.04. The van der Waals surface area contributed by atoms with E-state index >= 15 is 0 Å². The number of nitrogens with one attached hydrogen (secondary N) is 1. The zero-order chi connectivity index (χ0) is 22.1. The van der Waals surface area contributed by atoms with Crippen LogP contribution in [0, 0.1) is 24.5 Å². The third kappa shape index (κ3) is 4.49. The Morgan fingerprint density at radius 3 is 2.53 bits per heavy atom. The van der Waals surface area contributed by atoms with Gasteiger partial charge in [0, 0.05) is 18.8 Å². The van der Waals surface area contributed by atoms with Gasteiger partial charge in [0.15, 0.2) is 0 Å². The molecule has 0 radical (unpaired) electrons. The van der Waals surface area contributed by atoms with Gasteiger partial charge in [-0.2, -0.15) is 4.31 Å². The van der Waals surface area contributed by atoms with Crippen LogP contribution in [0.1, 0.15) is 28.8 Å². The normalized spacial score (nSPS) is 17.5. The van der Waals surface area contributed by atoms with Crippen LogP contribution in [-0.4, -0.2) is 42.8 Å². The number of rotatable bonds is 5. The minimum atomic E-state index is -4.12. The number of nitrogens with zero attached hydrogens (tertiary/aromatic N) is 1. The number of hydrogen-bond acceptors (Lipinski definition) is 4. The minimum Gasteiger partial charge on any atom is -0.481 e. The van der Waals surface area contributed by atoms with Crippen molar-refractivity contribution < 1.29 is 31.9 Å². The third-order valence-electron chi connectivity index (χ3n) is 4.98. The van der Waals surface area contributed by atoms with E-state index < -0.39 is 45.0 Å². The molecule has 160 valence electrons. The van der Waals surface area contributed by atoms with Crippen LogP contribution in [0.4, 0.5) is 14.5 Å². The van der Waals surface area contributed by atoms with E-state index in [0.717, 1.165) is 28.6 Å². The average molecular weight is 438 g/mol. The summed E-state index contributed by atoms with van der Waals surface area (Å²) in [4.78, 5) is 23.4. The molecule has 1 unspecified atom stereocenters. The summed E-state index contributed by atoms with van der Waals surface area (Å²) < 4.78 is 54.8. The van der Waals surface area contributed by atoms with Crippen LogP contribution in [0.15, 0.2) is 41.3 Å². The number of amides is 1. The number of halogens is 2. The first kappa shape index (κ1) is 21.8. The Morgan fingerprint density at radius 2 is 1.87 bits per heavy atom. The molecule has 0 aromatic heterocycles. The number of carbonyl (C=O) groups is 2. The van der Waals surface area contributed by atoms with E-state index in [-0.39, 0.29) is 23.7 Å². The number of sulfonamides is 1. The lowest BCUT2D eigenvalue weighted by Gasteiger charge is -2.29. The summed E-state index contributed by atoms with van der Waals surface area (Å²) in [6.07, 6.45) is 0.745. The molecule has 2 aromatic carbocycles. The van der Waals surface area contributed by atoms with Crippen molar-refractivity contribution in [3.05, 3.63) is 59.2 Å². The lowest BCUT2D eigenvalue weighted by Crippen LogP contribution is -2.42. The first-order valence-electron chi connectivity index (χ1n) is 9.19. The maximum atomic E-state index is 14.2. The Labute approximate surface area is 172 Å². The van der Waals surface area contributed by atoms with Crippen LogP contribution in [0.25, 0.3) is 0 Å². The Morgan fingerprint density at radius 1 is 1.13 bits per heavy atom. The van der Waals surface area contributed by atoms with Gasteiger partial charge in [-0.15, -0.1) is 0 Å². The van der Waals surface area contributed by atoms with Gasteiger partial charge in [0.25, 0.3) is 5.91 Å². The van der Waals surface area contributed by atoms with Crippen LogP contribution >= 0.6 is 0 Å². The molecule has 0 aliphatic carbocycles. The second kappa shape index (κ2) is 8.49. The molecule has 30 heavy (non-hydrogen) atoms. The molecule has 1 amide bonds. The molecule has 10 heteroatoms. The standard InChI is InChI=1S/C20H20F2N2O5S/c1-12-4-5-14(9-18(12)22)23-19(25)16-10-15(6-7-17(16)21)30(28,29)24-8-2-3-13(11-24)20(26)27/h4-7,9-10,13H,2-3,8,11H2,1H3,(H,23,25)(H,26,27). The average Bonchev–Trinajstić information content (AvgIpc) is 2.71. The van der Waals surface area contributed by atoms with E-state index in [2.05, 4.69) is 5.32 Å². The fourth-order valence-electron chi connectivity index (χ4n) is 3.22. The van der Waals surface area contributed by atoms with Gasteiger partial charge in [-0.1, -0.05) is 6.07 Å². The van der Waals surface area contributed by atoms with E-state index in [4.69, 9.17) is 0 Å². The SMILES string of the molecule is Cc1ccc(NC(=O)c2cc(S(=O)(=O)N3CCCC(C(=O)O)C3)ccc2F)cc1F. The van der Waals surface area contributed by atoms with Crippen LogP contribution in [0.3, 0.4) is 0 Å². The van der Waals surface area contributed by atoms with Crippen LogP contribution in [-0.2, 0) is 14.8 Å². The number of aryl methyl sites for hydroxylation is 1. The number of hydrogen-bond donors (Lipinski definition) is 2. The Bertz CT molecular complexity index is 1100. The highest BCUT2D eigenvalue weighted by atomic mass is 32.2. The summed E-state index contributed by atoms with van der Waals surface area (Å²) >= 11 is 0. The van der Waals surface area contributed by atoms with Crippen molar-refractivity contribution >= 4 is 27.6 Å². The lowest BCUT2D eigenvalue weighted by atomic mass is 10.0. The van der Waals surface area contributed by atoms with Gasteiger partial charge >= 0.3 is 5.97 Å². The van der Waals surface area contributed by atoms with Gasteiger partial charge in [0.05, 0.1) is 16.4 Å². The largest absolute Gasteiger partial charge is 0.481 e. The minimum absolute atomic E-state index is 0.0936. The van der Waals surface area contributed by atoms with Crippen molar-refractivity contribution in [2.75, 3.05) is 18.4 Å². The molecule has 7 nitrogen and oxygen atoms in total. The molecule has 1 atom stereocenters. The Hall–Kier alpha value is -2.85. The molecule has 3 rings (SSSR count). The number of carboxylic acids is 1. The highest BCUT2D eigenvalue weighted by Gasteiger charge is 2.33. The first-order valence-corrected chi connectivity index (χ1v) is 10.6. The number of piperidine rings is 1. The van der Waals surface area contributed by atoms with E-state index in [9.17, 15) is 31.9 Å². The lowest BCUT2D eigenvalue weighted by molar-refractivity contribution is -0.142. The monoisotopic (exact) mass is 438 g/mol. The third-order valence-corrected chi connectivity index (χ3v) is 6.84. The van der Waals surface area contributed by atoms with Crippen LogP contribution in [0.2, 0.25) is 0 Å². The molecule has 0 spiro atoms. The summed E-state index contributed by atoms with van der Waals surface area (Å²) in [5, 5.41) is 11.5.